The second-order valence-electron chi connectivity index (χ2n) is 7.80. The number of fused-ring (bicyclic) bond motifs is 3. The molecular weight excluding hydrogens is 450 g/mol. The molecule has 2 heterocycles. The Hall–Kier alpha value is -4.04. The van der Waals surface area contributed by atoms with Crippen molar-refractivity contribution in [1.82, 2.24) is 9.13 Å². The van der Waals surface area contributed by atoms with E-state index in [1.807, 2.05) is 54.8 Å². The fraction of sp³-hybridized carbons (Fsp3) is 0.115. The minimum absolute atomic E-state index is 0.0499. The normalized spacial score (nSPS) is 11.2. The molecule has 1 N–H and O–H groups in total. The number of amides is 1. The van der Waals surface area contributed by atoms with E-state index in [0.717, 1.165) is 15.0 Å². The molecule has 5 aromatic rings. The largest absolute Gasteiger partial charge is 0.449 e. The van der Waals surface area contributed by atoms with Crippen molar-refractivity contribution in [3.63, 3.8) is 0 Å². The number of rotatable bonds is 6. The van der Waals surface area contributed by atoms with Crippen molar-refractivity contribution >= 4 is 45.4 Å². The van der Waals surface area contributed by atoms with E-state index in [9.17, 15) is 14.4 Å². The molecule has 0 spiro atoms. The van der Waals surface area contributed by atoms with Crippen LogP contribution in [0.2, 0.25) is 0 Å². The molecule has 0 saturated heterocycles. The van der Waals surface area contributed by atoms with Crippen LogP contribution in [0.4, 0.5) is 5.69 Å². The number of hydrogen-bond donors (Lipinski definition) is 1. The molecule has 0 aliphatic heterocycles. The molecule has 0 aliphatic rings. The number of para-hydroxylation sites is 1. The maximum Gasteiger partial charge on any atom is 0.332 e. The van der Waals surface area contributed by atoms with Gasteiger partial charge in [0.1, 0.15) is 17.6 Å². The molecule has 8 heteroatoms. The summed E-state index contributed by atoms with van der Waals surface area (Å²) in [4.78, 5) is 40.8. The second kappa shape index (κ2) is 9.07. The van der Waals surface area contributed by atoms with Gasteiger partial charge in [0, 0.05) is 16.0 Å². The number of nitrogens with one attached hydrogen (secondary N) is 1. The Morgan fingerprint density at radius 2 is 1.71 bits per heavy atom. The molecule has 0 saturated carbocycles. The maximum absolute atomic E-state index is 13.5. The highest BCUT2D eigenvalue weighted by Crippen LogP contribution is 2.26. The Balaban J connectivity index is 1.63. The van der Waals surface area contributed by atoms with Crippen molar-refractivity contribution in [2.24, 2.45) is 0 Å². The van der Waals surface area contributed by atoms with Crippen molar-refractivity contribution in [2.75, 3.05) is 11.6 Å². The van der Waals surface area contributed by atoms with E-state index in [2.05, 4.69) is 5.32 Å². The van der Waals surface area contributed by atoms with Gasteiger partial charge >= 0.3 is 5.69 Å². The summed E-state index contributed by atoms with van der Waals surface area (Å²) >= 11 is 1.57. The minimum atomic E-state index is -0.569. The summed E-state index contributed by atoms with van der Waals surface area (Å²) in [5.41, 5.74) is 1.19. The van der Waals surface area contributed by atoms with Crippen LogP contribution < -0.4 is 16.6 Å². The monoisotopic (exact) mass is 471 g/mol. The van der Waals surface area contributed by atoms with Crippen LogP contribution in [0.25, 0.3) is 22.1 Å². The molecule has 2 aromatic heterocycles. The zero-order valence-corrected chi connectivity index (χ0v) is 19.2. The molecule has 0 radical (unpaired) electrons. The molecule has 3 aromatic carbocycles. The summed E-state index contributed by atoms with van der Waals surface area (Å²) in [5.74, 6) is -0.378. The van der Waals surface area contributed by atoms with Crippen LogP contribution in [0, 0.1) is 0 Å². The van der Waals surface area contributed by atoms with E-state index >= 15 is 0 Å². The van der Waals surface area contributed by atoms with Crippen molar-refractivity contribution in [3.8, 4) is 0 Å². The molecule has 170 valence electrons. The van der Waals surface area contributed by atoms with E-state index in [-0.39, 0.29) is 24.6 Å². The zero-order chi connectivity index (χ0) is 23.7. The Labute approximate surface area is 198 Å². The number of aromatic nitrogens is 2. The van der Waals surface area contributed by atoms with Gasteiger partial charge in [0.25, 0.3) is 5.56 Å². The number of carbonyl (C=O) groups is 1. The van der Waals surface area contributed by atoms with Gasteiger partial charge in [-0.1, -0.05) is 48.5 Å². The van der Waals surface area contributed by atoms with Crippen molar-refractivity contribution in [1.29, 1.82) is 0 Å². The molecule has 0 atom stereocenters. The van der Waals surface area contributed by atoms with Gasteiger partial charge in [-0.3, -0.25) is 18.7 Å². The average molecular weight is 472 g/mol. The molecule has 0 aliphatic carbocycles. The number of carbonyl (C=O) groups excluding carboxylic acids is 1. The molecule has 34 heavy (non-hydrogen) atoms. The average Bonchev–Trinajstić information content (AvgIpc) is 3.25. The summed E-state index contributed by atoms with van der Waals surface area (Å²) in [7, 11) is 0. The smallest absolute Gasteiger partial charge is 0.332 e. The predicted molar refractivity (Wildman–Crippen MR) is 135 cm³/mol. The van der Waals surface area contributed by atoms with E-state index in [1.165, 1.54) is 4.57 Å². The highest BCUT2D eigenvalue weighted by atomic mass is 32.2. The van der Waals surface area contributed by atoms with Gasteiger partial charge in [-0.25, -0.2) is 4.79 Å². The third-order valence-electron chi connectivity index (χ3n) is 5.58. The summed E-state index contributed by atoms with van der Waals surface area (Å²) in [6.45, 7) is -0.194. The number of nitrogens with zero attached hydrogens (tertiary/aromatic N) is 2. The predicted octanol–water partition coefficient (Wildman–Crippen LogP) is 4.32. The lowest BCUT2D eigenvalue weighted by Crippen LogP contribution is -2.41. The van der Waals surface area contributed by atoms with E-state index < -0.39 is 11.2 Å². The van der Waals surface area contributed by atoms with Crippen LogP contribution in [0.3, 0.4) is 0 Å². The molecule has 5 rings (SSSR count). The number of anilines is 1. The van der Waals surface area contributed by atoms with E-state index in [1.54, 1.807) is 42.1 Å². The SMILES string of the molecule is CSc1cccc(NC(=O)Cn2c(=O)n(Cc3ccccc3)c(=O)c3oc4ccccc4c32)c1. The number of hydrogen-bond acceptors (Lipinski definition) is 5. The molecular formula is C26H21N3O4S. The van der Waals surface area contributed by atoms with Gasteiger partial charge in [-0.2, -0.15) is 0 Å². The lowest BCUT2D eigenvalue weighted by molar-refractivity contribution is -0.116. The van der Waals surface area contributed by atoms with Crippen molar-refractivity contribution in [2.45, 2.75) is 18.0 Å². The fourth-order valence-electron chi connectivity index (χ4n) is 3.99. The summed E-state index contributed by atoms with van der Waals surface area (Å²) in [6, 6.07) is 23.8. The standard InChI is InChI=1S/C26H21N3O4S/c1-34-19-11-7-10-18(14-19)27-22(30)16-28-23-20-12-5-6-13-21(20)33-24(23)25(31)29(26(28)32)15-17-8-3-2-4-9-17/h2-14H,15-16H2,1H3,(H,27,30). The zero-order valence-electron chi connectivity index (χ0n) is 18.4. The molecule has 0 bridgehead atoms. The Kier molecular flexibility index (Phi) is 5.81. The summed E-state index contributed by atoms with van der Waals surface area (Å²) in [6.07, 6.45) is 1.96. The van der Waals surface area contributed by atoms with Gasteiger partial charge in [-0.15, -0.1) is 11.8 Å². The lowest BCUT2D eigenvalue weighted by Gasteiger charge is -2.12. The number of furan rings is 1. The van der Waals surface area contributed by atoms with Crippen LogP contribution in [0.15, 0.2) is 97.8 Å². The van der Waals surface area contributed by atoms with Gasteiger partial charge in [0.2, 0.25) is 11.5 Å². The van der Waals surface area contributed by atoms with Crippen LogP contribution >= 0.6 is 11.8 Å². The van der Waals surface area contributed by atoms with Gasteiger partial charge in [0.15, 0.2) is 0 Å². The first-order valence-electron chi connectivity index (χ1n) is 10.7. The van der Waals surface area contributed by atoms with Crippen LogP contribution in [-0.2, 0) is 17.9 Å². The van der Waals surface area contributed by atoms with Crippen molar-refractivity contribution < 1.29 is 9.21 Å². The molecule has 0 fully saturated rings. The first kappa shape index (κ1) is 21.8. The lowest BCUT2D eigenvalue weighted by atomic mass is 10.2. The second-order valence-corrected chi connectivity index (χ2v) is 8.68. The third kappa shape index (κ3) is 4.04. The molecule has 0 unspecified atom stereocenters. The number of benzene rings is 3. The highest BCUT2D eigenvalue weighted by molar-refractivity contribution is 7.98. The van der Waals surface area contributed by atoms with E-state index in [0.29, 0.717) is 22.2 Å². The Morgan fingerprint density at radius 3 is 2.50 bits per heavy atom. The number of thioether (sulfide) groups is 1. The highest BCUT2D eigenvalue weighted by Gasteiger charge is 2.21. The van der Waals surface area contributed by atoms with Gasteiger partial charge in [0.05, 0.1) is 6.54 Å². The Bertz CT molecular complexity index is 1630. The van der Waals surface area contributed by atoms with Crippen LogP contribution in [0.5, 0.6) is 0 Å². The van der Waals surface area contributed by atoms with Gasteiger partial charge < -0.3 is 9.73 Å². The topological polar surface area (TPSA) is 86.2 Å². The van der Waals surface area contributed by atoms with E-state index in [4.69, 9.17) is 4.42 Å². The maximum atomic E-state index is 13.5. The summed E-state index contributed by atoms with van der Waals surface area (Å²) in [5, 5.41) is 3.46. The Morgan fingerprint density at radius 1 is 0.941 bits per heavy atom. The first-order valence-corrected chi connectivity index (χ1v) is 11.9. The van der Waals surface area contributed by atoms with Gasteiger partial charge in [-0.05, 0) is 42.2 Å². The van der Waals surface area contributed by atoms with Crippen LogP contribution in [0.1, 0.15) is 5.56 Å². The quantitative estimate of drug-likeness (QED) is 0.373. The fourth-order valence-corrected chi connectivity index (χ4v) is 4.45. The first-order chi connectivity index (χ1) is 16.5. The van der Waals surface area contributed by atoms with Crippen LogP contribution in [-0.4, -0.2) is 21.3 Å². The molecule has 7 nitrogen and oxygen atoms in total. The molecule has 1 amide bonds. The van der Waals surface area contributed by atoms with Crippen molar-refractivity contribution in [3.05, 3.63) is 105 Å². The minimum Gasteiger partial charge on any atom is -0.449 e. The summed E-state index contributed by atoms with van der Waals surface area (Å²) < 4.78 is 8.29. The third-order valence-corrected chi connectivity index (χ3v) is 6.30.